The van der Waals surface area contributed by atoms with Crippen LogP contribution in [-0.4, -0.2) is 0 Å². The molecule has 3 fully saturated rings. The predicted molar refractivity (Wildman–Crippen MR) is 52.4 cm³/mol. The van der Waals surface area contributed by atoms with E-state index in [9.17, 15) is 0 Å². The van der Waals surface area contributed by atoms with Crippen molar-refractivity contribution in [2.45, 2.75) is 24.7 Å². The van der Waals surface area contributed by atoms with Gasteiger partial charge in [0.2, 0.25) is 0 Å². The molecule has 0 heteroatoms. The van der Waals surface area contributed by atoms with Gasteiger partial charge < -0.3 is 0 Å². The van der Waals surface area contributed by atoms with E-state index in [4.69, 9.17) is 0 Å². The smallest absolute Gasteiger partial charge is 0.00209 e. The summed E-state index contributed by atoms with van der Waals surface area (Å²) in [5, 5.41) is 0. The van der Waals surface area contributed by atoms with Gasteiger partial charge in [-0.05, 0) is 42.6 Å². The summed E-state index contributed by atoms with van der Waals surface area (Å²) < 4.78 is 0. The van der Waals surface area contributed by atoms with Gasteiger partial charge in [-0.15, -0.1) is 0 Å². The van der Waals surface area contributed by atoms with Gasteiger partial charge in [-0.25, -0.2) is 0 Å². The summed E-state index contributed by atoms with van der Waals surface area (Å²) in [5.74, 6) is 3.31. The Bertz CT molecular complexity index is 348. The molecule has 1 aromatic carbocycles. The molecular formula is C13H14. The van der Waals surface area contributed by atoms with E-state index in [1.807, 2.05) is 0 Å². The molecule has 4 rings (SSSR count). The highest BCUT2D eigenvalue weighted by Gasteiger charge is 2.77. The summed E-state index contributed by atoms with van der Waals surface area (Å²) in [6.45, 7) is 0. The lowest BCUT2D eigenvalue weighted by Gasteiger charge is -2.36. The summed E-state index contributed by atoms with van der Waals surface area (Å²) in [6, 6.07) is 11.2. The van der Waals surface area contributed by atoms with Gasteiger partial charge in [0, 0.05) is 5.41 Å². The standard InChI is InChI=1S/C13H14/c1-2-4-10(5-3-1)13-8-9-6-7-11(13)12(9)13/h1-5,9,11-12H,6-8H2. The minimum absolute atomic E-state index is 0.699. The van der Waals surface area contributed by atoms with Crippen molar-refractivity contribution in [3.63, 3.8) is 0 Å². The Hall–Kier alpha value is -0.780. The van der Waals surface area contributed by atoms with E-state index in [2.05, 4.69) is 30.3 Å². The van der Waals surface area contributed by atoms with Crippen LogP contribution in [0.3, 0.4) is 0 Å². The van der Waals surface area contributed by atoms with E-state index in [1.165, 1.54) is 19.3 Å². The van der Waals surface area contributed by atoms with E-state index in [1.54, 1.807) is 5.56 Å². The van der Waals surface area contributed by atoms with Gasteiger partial charge >= 0.3 is 0 Å². The van der Waals surface area contributed by atoms with Crippen LogP contribution in [-0.2, 0) is 5.41 Å². The second-order valence-electron chi connectivity index (χ2n) is 5.08. The Morgan fingerprint density at radius 2 is 1.92 bits per heavy atom. The lowest BCUT2D eigenvalue weighted by molar-refractivity contribution is 0.226. The highest BCUT2D eigenvalue weighted by Crippen LogP contribution is 2.81. The molecule has 13 heavy (non-hydrogen) atoms. The van der Waals surface area contributed by atoms with Gasteiger partial charge in [-0.1, -0.05) is 30.3 Å². The highest BCUT2D eigenvalue weighted by atomic mass is 14.8. The van der Waals surface area contributed by atoms with E-state index in [-0.39, 0.29) is 0 Å². The van der Waals surface area contributed by atoms with Crippen molar-refractivity contribution in [3.8, 4) is 0 Å². The summed E-state index contributed by atoms with van der Waals surface area (Å²) in [5.41, 5.74) is 2.34. The first-order chi connectivity index (χ1) is 6.43. The van der Waals surface area contributed by atoms with Gasteiger partial charge in [0.1, 0.15) is 0 Å². The predicted octanol–water partition coefficient (Wildman–Crippen LogP) is 2.98. The van der Waals surface area contributed by atoms with Crippen LogP contribution < -0.4 is 0 Å². The van der Waals surface area contributed by atoms with Crippen LogP contribution in [0.25, 0.3) is 0 Å². The fraction of sp³-hybridized carbons (Fsp3) is 0.538. The maximum atomic E-state index is 2.34. The summed E-state index contributed by atoms with van der Waals surface area (Å²) in [7, 11) is 0. The molecule has 0 aromatic heterocycles. The lowest BCUT2D eigenvalue weighted by Crippen LogP contribution is -2.31. The Balaban J connectivity index is 1.79. The summed E-state index contributed by atoms with van der Waals surface area (Å²) in [4.78, 5) is 0. The number of hydrogen-bond donors (Lipinski definition) is 0. The van der Waals surface area contributed by atoms with Crippen molar-refractivity contribution in [2.24, 2.45) is 17.8 Å². The van der Waals surface area contributed by atoms with Crippen molar-refractivity contribution in [1.29, 1.82) is 0 Å². The largest absolute Gasteiger partial charge is 0.0622 e. The Labute approximate surface area is 79.0 Å². The number of rotatable bonds is 1. The Morgan fingerprint density at radius 1 is 1.08 bits per heavy atom. The third-order valence-electron chi connectivity index (χ3n) is 4.85. The molecule has 0 nitrogen and oxygen atoms in total. The van der Waals surface area contributed by atoms with Crippen LogP contribution in [0.15, 0.2) is 30.3 Å². The Morgan fingerprint density at radius 3 is 2.54 bits per heavy atom. The zero-order chi connectivity index (χ0) is 8.47. The third kappa shape index (κ3) is 0.561. The first-order valence-corrected chi connectivity index (χ1v) is 5.48. The lowest BCUT2D eigenvalue weighted by atomic mass is 9.68. The first kappa shape index (κ1) is 6.64. The van der Waals surface area contributed by atoms with E-state index >= 15 is 0 Å². The molecule has 0 N–H and O–H groups in total. The summed E-state index contributed by atoms with van der Waals surface area (Å²) >= 11 is 0. The van der Waals surface area contributed by atoms with Crippen molar-refractivity contribution < 1.29 is 0 Å². The molecule has 0 saturated heterocycles. The SMILES string of the molecule is c1ccc(C23CC4CCC2C43)cc1. The van der Waals surface area contributed by atoms with E-state index < -0.39 is 0 Å². The molecule has 0 spiro atoms. The maximum Gasteiger partial charge on any atom is 0.00209 e. The molecule has 3 aliphatic rings. The zero-order valence-electron chi connectivity index (χ0n) is 7.74. The van der Waals surface area contributed by atoms with Crippen LogP contribution in [0.5, 0.6) is 0 Å². The molecule has 0 bridgehead atoms. The monoisotopic (exact) mass is 170 g/mol. The van der Waals surface area contributed by atoms with E-state index in [0.717, 1.165) is 17.8 Å². The van der Waals surface area contributed by atoms with E-state index in [0.29, 0.717) is 5.41 Å². The van der Waals surface area contributed by atoms with Crippen LogP contribution >= 0.6 is 0 Å². The third-order valence-corrected chi connectivity index (χ3v) is 4.85. The van der Waals surface area contributed by atoms with Crippen molar-refractivity contribution in [1.82, 2.24) is 0 Å². The van der Waals surface area contributed by atoms with Gasteiger partial charge in [-0.2, -0.15) is 0 Å². The topological polar surface area (TPSA) is 0 Å². The number of benzene rings is 1. The minimum Gasteiger partial charge on any atom is -0.0622 e. The molecule has 4 unspecified atom stereocenters. The van der Waals surface area contributed by atoms with Crippen LogP contribution in [0, 0.1) is 17.8 Å². The fourth-order valence-corrected chi connectivity index (χ4v) is 4.37. The first-order valence-electron chi connectivity index (χ1n) is 5.48. The Kier molecular flexibility index (Phi) is 0.941. The van der Waals surface area contributed by atoms with Gasteiger partial charge in [-0.3, -0.25) is 0 Å². The zero-order valence-corrected chi connectivity index (χ0v) is 7.74. The minimum atomic E-state index is 0.699. The van der Waals surface area contributed by atoms with Gasteiger partial charge in [0.15, 0.2) is 0 Å². The average Bonchev–Trinajstić information content (AvgIpc) is 2.50. The molecule has 0 amide bonds. The van der Waals surface area contributed by atoms with Crippen LogP contribution in [0.1, 0.15) is 24.8 Å². The molecule has 0 radical (unpaired) electrons. The number of hydrogen-bond acceptors (Lipinski definition) is 0. The second kappa shape index (κ2) is 1.84. The molecule has 3 aliphatic carbocycles. The molecule has 0 heterocycles. The molecule has 1 aromatic rings. The van der Waals surface area contributed by atoms with Crippen LogP contribution in [0.4, 0.5) is 0 Å². The highest BCUT2D eigenvalue weighted by molar-refractivity contribution is 5.44. The molecule has 0 aliphatic heterocycles. The normalized spacial score (nSPS) is 49.7. The van der Waals surface area contributed by atoms with Gasteiger partial charge in [0.25, 0.3) is 0 Å². The molecule has 3 saturated carbocycles. The van der Waals surface area contributed by atoms with Crippen molar-refractivity contribution >= 4 is 0 Å². The van der Waals surface area contributed by atoms with Crippen molar-refractivity contribution in [2.75, 3.05) is 0 Å². The quantitative estimate of drug-likeness (QED) is 0.608. The maximum absolute atomic E-state index is 2.34. The van der Waals surface area contributed by atoms with Crippen molar-refractivity contribution in [3.05, 3.63) is 35.9 Å². The van der Waals surface area contributed by atoms with Gasteiger partial charge in [0.05, 0.1) is 0 Å². The second-order valence-corrected chi connectivity index (χ2v) is 5.08. The molecular weight excluding hydrogens is 156 g/mol. The number of fused-ring (bicyclic) bond motifs is 1. The summed E-state index contributed by atoms with van der Waals surface area (Å²) in [6.07, 6.45) is 4.56. The average molecular weight is 170 g/mol. The molecule has 4 atom stereocenters. The van der Waals surface area contributed by atoms with Crippen LogP contribution in [0.2, 0.25) is 0 Å². The fourth-order valence-electron chi connectivity index (χ4n) is 4.37. The molecule has 66 valence electrons.